The third-order valence-corrected chi connectivity index (χ3v) is 4.00. The number of rotatable bonds is 6. The Morgan fingerprint density at radius 1 is 1.04 bits per heavy atom. The second-order valence-electron chi connectivity index (χ2n) is 4.51. The molecule has 0 aromatic heterocycles. The molecule has 5 nitrogen and oxygen atoms in total. The second kappa shape index (κ2) is 8.21. The molecule has 1 amide bonds. The molecular formula is C16H15Br2NO4. The van der Waals surface area contributed by atoms with E-state index in [-0.39, 0.29) is 12.5 Å². The maximum absolute atomic E-state index is 12.0. The molecule has 0 bridgehead atoms. The minimum absolute atomic E-state index is 0.111. The monoisotopic (exact) mass is 443 g/mol. The number of hydrogen-bond acceptors (Lipinski definition) is 4. The van der Waals surface area contributed by atoms with Crippen molar-refractivity contribution in [2.24, 2.45) is 0 Å². The molecule has 0 fully saturated rings. The molecule has 0 saturated heterocycles. The molecule has 0 aliphatic carbocycles. The molecule has 122 valence electrons. The molecule has 7 heteroatoms. The SMILES string of the molecule is COc1cc(NC(=O)COc2ccc(Br)cc2Br)cc(OC)c1. The lowest BCUT2D eigenvalue weighted by atomic mass is 10.2. The quantitative estimate of drug-likeness (QED) is 0.723. The Bertz CT molecular complexity index is 684. The lowest BCUT2D eigenvalue weighted by molar-refractivity contribution is -0.118. The van der Waals surface area contributed by atoms with Crippen LogP contribution in [0.3, 0.4) is 0 Å². The van der Waals surface area contributed by atoms with Crippen molar-refractivity contribution in [3.8, 4) is 17.2 Å². The van der Waals surface area contributed by atoms with Crippen molar-refractivity contribution in [3.05, 3.63) is 45.3 Å². The lowest BCUT2D eigenvalue weighted by Crippen LogP contribution is -2.20. The van der Waals surface area contributed by atoms with Gasteiger partial charge in [-0.1, -0.05) is 15.9 Å². The van der Waals surface area contributed by atoms with Gasteiger partial charge in [-0.2, -0.15) is 0 Å². The van der Waals surface area contributed by atoms with E-state index in [1.807, 2.05) is 12.1 Å². The third-order valence-electron chi connectivity index (χ3n) is 2.89. The summed E-state index contributed by atoms with van der Waals surface area (Å²) in [4.78, 5) is 12.0. The van der Waals surface area contributed by atoms with Crippen LogP contribution in [0.5, 0.6) is 17.2 Å². The zero-order valence-electron chi connectivity index (χ0n) is 12.6. The normalized spacial score (nSPS) is 10.1. The Morgan fingerprint density at radius 3 is 2.26 bits per heavy atom. The van der Waals surface area contributed by atoms with Crippen LogP contribution in [0.4, 0.5) is 5.69 Å². The summed E-state index contributed by atoms with van der Waals surface area (Å²) in [5.41, 5.74) is 0.574. The summed E-state index contributed by atoms with van der Waals surface area (Å²) >= 11 is 6.74. The number of carbonyl (C=O) groups is 1. The summed E-state index contributed by atoms with van der Waals surface area (Å²) in [6.07, 6.45) is 0. The van der Waals surface area contributed by atoms with Crippen LogP contribution in [0.1, 0.15) is 0 Å². The molecule has 0 radical (unpaired) electrons. The number of benzene rings is 2. The molecule has 0 aliphatic rings. The van der Waals surface area contributed by atoms with Crippen LogP contribution in [0.15, 0.2) is 45.3 Å². The molecule has 2 aromatic rings. The van der Waals surface area contributed by atoms with Gasteiger partial charge in [-0.3, -0.25) is 4.79 Å². The number of ether oxygens (including phenoxy) is 3. The molecule has 2 rings (SSSR count). The van der Waals surface area contributed by atoms with E-state index < -0.39 is 0 Å². The summed E-state index contributed by atoms with van der Waals surface area (Å²) in [5.74, 6) is 1.49. The van der Waals surface area contributed by atoms with E-state index in [2.05, 4.69) is 37.2 Å². The van der Waals surface area contributed by atoms with Gasteiger partial charge in [-0.25, -0.2) is 0 Å². The maximum atomic E-state index is 12.0. The van der Waals surface area contributed by atoms with E-state index in [0.717, 1.165) is 8.95 Å². The molecule has 0 heterocycles. The Labute approximate surface area is 151 Å². The van der Waals surface area contributed by atoms with Gasteiger partial charge in [0.15, 0.2) is 6.61 Å². The number of hydrogen-bond donors (Lipinski definition) is 1. The van der Waals surface area contributed by atoms with Crippen LogP contribution in [-0.4, -0.2) is 26.7 Å². The van der Waals surface area contributed by atoms with E-state index in [4.69, 9.17) is 14.2 Å². The Kier molecular flexibility index (Phi) is 6.29. The van der Waals surface area contributed by atoms with Gasteiger partial charge in [0.1, 0.15) is 17.2 Å². The average Bonchev–Trinajstić information content (AvgIpc) is 2.53. The zero-order chi connectivity index (χ0) is 16.8. The van der Waals surface area contributed by atoms with E-state index in [0.29, 0.717) is 22.9 Å². The first-order valence-electron chi connectivity index (χ1n) is 6.62. The average molecular weight is 445 g/mol. The van der Waals surface area contributed by atoms with Crippen LogP contribution in [0.2, 0.25) is 0 Å². The molecule has 0 aliphatic heterocycles. The summed E-state index contributed by atoms with van der Waals surface area (Å²) < 4.78 is 17.5. The van der Waals surface area contributed by atoms with Crippen molar-refractivity contribution >= 4 is 43.5 Å². The highest BCUT2D eigenvalue weighted by atomic mass is 79.9. The fraction of sp³-hybridized carbons (Fsp3) is 0.188. The Balaban J connectivity index is 1.99. The first-order valence-corrected chi connectivity index (χ1v) is 8.21. The smallest absolute Gasteiger partial charge is 0.262 e. The van der Waals surface area contributed by atoms with Crippen molar-refractivity contribution < 1.29 is 19.0 Å². The Morgan fingerprint density at radius 2 is 1.70 bits per heavy atom. The second-order valence-corrected chi connectivity index (χ2v) is 6.28. The van der Waals surface area contributed by atoms with Gasteiger partial charge in [0.2, 0.25) is 0 Å². The molecular weight excluding hydrogens is 430 g/mol. The van der Waals surface area contributed by atoms with Crippen molar-refractivity contribution in [1.82, 2.24) is 0 Å². The summed E-state index contributed by atoms with van der Waals surface area (Å²) in [6, 6.07) is 10.6. The van der Waals surface area contributed by atoms with Crippen LogP contribution in [0.25, 0.3) is 0 Å². The highest BCUT2D eigenvalue weighted by molar-refractivity contribution is 9.11. The van der Waals surface area contributed by atoms with Gasteiger partial charge in [0.25, 0.3) is 5.91 Å². The van der Waals surface area contributed by atoms with Crippen LogP contribution >= 0.6 is 31.9 Å². The largest absolute Gasteiger partial charge is 0.497 e. The first-order chi connectivity index (χ1) is 11.0. The van der Waals surface area contributed by atoms with Crippen molar-refractivity contribution in [2.45, 2.75) is 0 Å². The van der Waals surface area contributed by atoms with E-state index in [1.165, 1.54) is 0 Å². The first kappa shape index (κ1) is 17.6. The molecule has 0 unspecified atom stereocenters. The number of amides is 1. The Hall–Kier alpha value is -1.73. The number of methoxy groups -OCH3 is 2. The number of carbonyl (C=O) groups excluding carboxylic acids is 1. The van der Waals surface area contributed by atoms with Gasteiger partial charge in [0, 0.05) is 28.4 Å². The van der Waals surface area contributed by atoms with E-state index in [1.54, 1.807) is 38.5 Å². The number of anilines is 1. The van der Waals surface area contributed by atoms with Gasteiger partial charge in [0.05, 0.1) is 18.7 Å². The van der Waals surface area contributed by atoms with Crippen LogP contribution in [0, 0.1) is 0 Å². The molecule has 23 heavy (non-hydrogen) atoms. The summed E-state index contributed by atoms with van der Waals surface area (Å²) in [7, 11) is 3.10. The molecule has 1 N–H and O–H groups in total. The van der Waals surface area contributed by atoms with Gasteiger partial charge in [-0.05, 0) is 34.1 Å². The molecule has 0 spiro atoms. The predicted molar refractivity (Wildman–Crippen MR) is 95.5 cm³/mol. The fourth-order valence-electron chi connectivity index (χ4n) is 1.81. The van der Waals surface area contributed by atoms with Crippen LogP contribution in [-0.2, 0) is 4.79 Å². The topological polar surface area (TPSA) is 56.8 Å². The predicted octanol–water partition coefficient (Wildman–Crippen LogP) is 4.25. The van der Waals surface area contributed by atoms with Crippen LogP contribution < -0.4 is 19.5 Å². The van der Waals surface area contributed by atoms with Gasteiger partial charge in [-0.15, -0.1) is 0 Å². The van der Waals surface area contributed by atoms with E-state index >= 15 is 0 Å². The standard InChI is InChI=1S/C16H15Br2NO4/c1-21-12-6-11(7-13(8-12)22-2)19-16(20)9-23-15-4-3-10(17)5-14(15)18/h3-8H,9H2,1-2H3,(H,19,20). The number of nitrogens with one attached hydrogen (secondary N) is 1. The van der Waals surface area contributed by atoms with Gasteiger partial charge >= 0.3 is 0 Å². The highest BCUT2D eigenvalue weighted by Crippen LogP contribution is 2.28. The highest BCUT2D eigenvalue weighted by Gasteiger charge is 2.08. The van der Waals surface area contributed by atoms with Gasteiger partial charge < -0.3 is 19.5 Å². The van der Waals surface area contributed by atoms with Crippen molar-refractivity contribution in [3.63, 3.8) is 0 Å². The molecule has 2 aromatic carbocycles. The minimum Gasteiger partial charge on any atom is -0.497 e. The zero-order valence-corrected chi connectivity index (χ0v) is 15.7. The fourth-order valence-corrected chi connectivity index (χ4v) is 2.97. The molecule has 0 atom stereocenters. The lowest BCUT2D eigenvalue weighted by Gasteiger charge is -2.11. The minimum atomic E-state index is -0.282. The number of halogens is 2. The third kappa shape index (κ3) is 5.14. The van der Waals surface area contributed by atoms with Crippen molar-refractivity contribution in [1.29, 1.82) is 0 Å². The summed E-state index contributed by atoms with van der Waals surface area (Å²) in [5, 5.41) is 2.74. The summed E-state index contributed by atoms with van der Waals surface area (Å²) in [6.45, 7) is -0.111. The maximum Gasteiger partial charge on any atom is 0.262 e. The van der Waals surface area contributed by atoms with E-state index in [9.17, 15) is 4.79 Å². The molecule has 0 saturated carbocycles. The van der Waals surface area contributed by atoms with Crippen molar-refractivity contribution in [2.75, 3.05) is 26.1 Å².